The Hall–Kier alpha value is -2.65. The van der Waals surface area contributed by atoms with E-state index in [1.54, 1.807) is 13.8 Å². The zero-order valence-electron chi connectivity index (χ0n) is 14.2. The number of rotatable bonds is 5. The molecule has 138 valence electrons. The van der Waals surface area contributed by atoms with Crippen LogP contribution < -0.4 is 16.4 Å². The summed E-state index contributed by atoms with van der Waals surface area (Å²) in [6.07, 6.45) is 1.47. The molecule has 0 bridgehead atoms. The standard InChI is InChI=1S/C15H22N4O6/c1-8(2)10(11(21)17-13(16)23)25-9(20)7-19-12(22)15(18-14(19)24)5-3-4-6-15/h8,10H,3-7H2,1-2H3,(H,18,24)(H3,16,17,21,23)/t10-/m0/s1. The van der Waals surface area contributed by atoms with Crippen LogP contribution in [-0.2, 0) is 19.1 Å². The van der Waals surface area contributed by atoms with Crippen LogP contribution >= 0.6 is 0 Å². The van der Waals surface area contributed by atoms with Gasteiger partial charge in [-0.3, -0.25) is 24.6 Å². The average molecular weight is 354 g/mol. The molecule has 1 aliphatic heterocycles. The summed E-state index contributed by atoms with van der Waals surface area (Å²) in [5, 5.41) is 4.49. The van der Waals surface area contributed by atoms with E-state index in [-0.39, 0.29) is 0 Å². The molecule has 0 aromatic carbocycles. The van der Waals surface area contributed by atoms with E-state index in [9.17, 15) is 24.0 Å². The monoisotopic (exact) mass is 354 g/mol. The molecule has 4 N–H and O–H groups in total. The van der Waals surface area contributed by atoms with Crippen molar-refractivity contribution in [1.82, 2.24) is 15.5 Å². The number of imide groups is 2. The summed E-state index contributed by atoms with van der Waals surface area (Å²) in [4.78, 5) is 60.0. The molecule has 0 aromatic heterocycles. The predicted octanol–water partition coefficient (Wildman–Crippen LogP) is -0.386. The normalized spacial score (nSPS) is 19.9. The minimum absolute atomic E-state index is 0.437. The molecule has 2 rings (SSSR count). The van der Waals surface area contributed by atoms with Gasteiger partial charge in [0, 0.05) is 0 Å². The van der Waals surface area contributed by atoms with Gasteiger partial charge in [0.2, 0.25) is 0 Å². The van der Waals surface area contributed by atoms with Crippen LogP contribution in [0.5, 0.6) is 0 Å². The van der Waals surface area contributed by atoms with Crippen molar-refractivity contribution in [2.75, 3.05) is 6.54 Å². The Morgan fingerprint density at radius 3 is 2.40 bits per heavy atom. The van der Waals surface area contributed by atoms with Crippen molar-refractivity contribution in [3.63, 3.8) is 0 Å². The fourth-order valence-corrected chi connectivity index (χ4v) is 3.13. The molecule has 1 heterocycles. The molecule has 0 aromatic rings. The summed E-state index contributed by atoms with van der Waals surface area (Å²) in [7, 11) is 0. The van der Waals surface area contributed by atoms with E-state index in [2.05, 4.69) is 5.32 Å². The largest absolute Gasteiger partial charge is 0.451 e. The minimum Gasteiger partial charge on any atom is -0.451 e. The second-order valence-electron chi connectivity index (χ2n) is 6.62. The van der Waals surface area contributed by atoms with Crippen LogP contribution in [0.4, 0.5) is 9.59 Å². The molecule has 10 nitrogen and oxygen atoms in total. The highest BCUT2D eigenvalue weighted by Crippen LogP contribution is 2.34. The SMILES string of the molecule is CC(C)[C@H](OC(=O)CN1C(=O)NC2(CCCC2)C1=O)C(=O)NC(N)=O. The first-order valence-corrected chi connectivity index (χ1v) is 8.10. The average Bonchev–Trinajstić information content (AvgIpc) is 3.05. The number of hydrogen-bond donors (Lipinski definition) is 3. The predicted molar refractivity (Wildman–Crippen MR) is 83.9 cm³/mol. The van der Waals surface area contributed by atoms with Crippen molar-refractivity contribution in [2.45, 2.75) is 51.2 Å². The molecule has 2 fully saturated rings. The van der Waals surface area contributed by atoms with Gasteiger partial charge < -0.3 is 15.8 Å². The molecular weight excluding hydrogens is 332 g/mol. The second kappa shape index (κ2) is 7.08. The Morgan fingerprint density at radius 1 is 1.28 bits per heavy atom. The van der Waals surface area contributed by atoms with Crippen LogP contribution in [-0.4, -0.2) is 52.9 Å². The summed E-state index contributed by atoms with van der Waals surface area (Å²) in [5.41, 5.74) is 3.96. The number of amides is 6. The van der Waals surface area contributed by atoms with Crippen molar-refractivity contribution in [1.29, 1.82) is 0 Å². The molecular formula is C15H22N4O6. The molecule has 0 radical (unpaired) electrons. The van der Waals surface area contributed by atoms with Crippen molar-refractivity contribution in [2.24, 2.45) is 11.7 Å². The van der Waals surface area contributed by atoms with Gasteiger partial charge in [-0.25, -0.2) is 9.59 Å². The first kappa shape index (κ1) is 18.7. The molecule has 1 atom stereocenters. The summed E-state index contributed by atoms with van der Waals surface area (Å²) in [6, 6.07) is -1.71. The quantitative estimate of drug-likeness (QED) is 0.452. The van der Waals surface area contributed by atoms with E-state index in [4.69, 9.17) is 10.5 Å². The molecule has 2 aliphatic rings. The highest BCUT2D eigenvalue weighted by atomic mass is 16.5. The fraction of sp³-hybridized carbons (Fsp3) is 0.667. The van der Waals surface area contributed by atoms with Gasteiger partial charge in [0.15, 0.2) is 6.10 Å². The topological polar surface area (TPSA) is 148 Å². The lowest BCUT2D eigenvalue weighted by Crippen LogP contribution is -2.47. The van der Waals surface area contributed by atoms with Gasteiger partial charge in [-0.1, -0.05) is 26.7 Å². The maximum absolute atomic E-state index is 12.5. The van der Waals surface area contributed by atoms with E-state index >= 15 is 0 Å². The van der Waals surface area contributed by atoms with Gasteiger partial charge in [-0.2, -0.15) is 0 Å². The minimum atomic E-state index is -1.26. The van der Waals surface area contributed by atoms with Crippen LogP contribution in [0.25, 0.3) is 0 Å². The van der Waals surface area contributed by atoms with Gasteiger partial charge >= 0.3 is 18.0 Å². The van der Waals surface area contributed by atoms with Crippen LogP contribution in [0.1, 0.15) is 39.5 Å². The Balaban J connectivity index is 2.01. The molecule has 25 heavy (non-hydrogen) atoms. The van der Waals surface area contributed by atoms with Gasteiger partial charge in [0.05, 0.1) is 0 Å². The molecule has 1 saturated carbocycles. The summed E-state index contributed by atoms with van der Waals surface area (Å²) >= 11 is 0. The maximum Gasteiger partial charge on any atom is 0.327 e. The Labute approximate surface area is 144 Å². The third-order valence-electron chi connectivity index (χ3n) is 4.36. The number of ether oxygens (including phenoxy) is 1. The van der Waals surface area contributed by atoms with Crippen LogP contribution in [0.3, 0.4) is 0 Å². The Bertz CT molecular complexity index is 611. The van der Waals surface area contributed by atoms with E-state index in [1.807, 2.05) is 5.32 Å². The summed E-state index contributed by atoms with van der Waals surface area (Å²) in [6.45, 7) is 2.62. The van der Waals surface area contributed by atoms with Crippen molar-refractivity contribution >= 4 is 29.8 Å². The van der Waals surface area contributed by atoms with Crippen molar-refractivity contribution in [3.05, 3.63) is 0 Å². The molecule has 6 amide bonds. The number of hydrogen-bond acceptors (Lipinski definition) is 6. The zero-order valence-corrected chi connectivity index (χ0v) is 14.2. The smallest absolute Gasteiger partial charge is 0.327 e. The molecule has 1 aliphatic carbocycles. The van der Waals surface area contributed by atoms with Crippen molar-refractivity contribution in [3.8, 4) is 0 Å². The third-order valence-corrected chi connectivity index (χ3v) is 4.36. The summed E-state index contributed by atoms with van der Waals surface area (Å²) < 4.78 is 5.05. The van der Waals surface area contributed by atoms with Crippen LogP contribution in [0.15, 0.2) is 0 Å². The first-order chi connectivity index (χ1) is 11.7. The summed E-state index contributed by atoms with van der Waals surface area (Å²) in [5.74, 6) is -2.67. The van der Waals surface area contributed by atoms with Gasteiger partial charge in [0.25, 0.3) is 11.8 Å². The van der Waals surface area contributed by atoms with Gasteiger partial charge in [0.1, 0.15) is 12.1 Å². The number of carbonyl (C=O) groups excluding carboxylic acids is 5. The number of nitrogens with zero attached hydrogens (tertiary/aromatic N) is 1. The highest BCUT2D eigenvalue weighted by molar-refractivity contribution is 6.09. The molecule has 1 spiro atoms. The van der Waals surface area contributed by atoms with E-state index in [0.717, 1.165) is 17.7 Å². The van der Waals surface area contributed by atoms with Crippen LogP contribution in [0, 0.1) is 5.92 Å². The number of esters is 1. The lowest BCUT2D eigenvalue weighted by Gasteiger charge is -2.22. The number of nitrogens with one attached hydrogen (secondary N) is 2. The first-order valence-electron chi connectivity index (χ1n) is 8.10. The highest BCUT2D eigenvalue weighted by Gasteiger charge is 2.53. The third kappa shape index (κ3) is 3.89. The van der Waals surface area contributed by atoms with Gasteiger partial charge in [-0.15, -0.1) is 0 Å². The van der Waals surface area contributed by atoms with Crippen LogP contribution in [0.2, 0.25) is 0 Å². The van der Waals surface area contributed by atoms with E-state index in [1.165, 1.54) is 0 Å². The Morgan fingerprint density at radius 2 is 1.88 bits per heavy atom. The molecule has 1 saturated heterocycles. The Kier molecular flexibility index (Phi) is 5.29. The fourth-order valence-electron chi connectivity index (χ4n) is 3.13. The van der Waals surface area contributed by atoms with E-state index in [0.29, 0.717) is 12.8 Å². The maximum atomic E-state index is 12.5. The number of nitrogens with two attached hydrogens (primary N) is 1. The van der Waals surface area contributed by atoms with Gasteiger partial charge in [-0.05, 0) is 18.8 Å². The zero-order chi connectivity index (χ0) is 18.8. The van der Waals surface area contributed by atoms with E-state index < -0.39 is 54.0 Å². The molecule has 0 unspecified atom stereocenters. The second-order valence-corrected chi connectivity index (χ2v) is 6.62. The number of urea groups is 2. The number of carbonyl (C=O) groups is 5. The lowest BCUT2D eigenvalue weighted by molar-refractivity contribution is -0.159. The van der Waals surface area contributed by atoms with Crippen molar-refractivity contribution < 1.29 is 28.7 Å². The lowest BCUT2D eigenvalue weighted by atomic mass is 9.98. The number of primary amides is 1. The molecule has 10 heteroatoms.